The van der Waals surface area contributed by atoms with E-state index in [4.69, 9.17) is 24.5 Å². The number of carbonyl (C=O) groups is 2. The van der Waals surface area contributed by atoms with Crippen LogP contribution in [0.25, 0.3) is 0 Å². The van der Waals surface area contributed by atoms with Gasteiger partial charge in [-0.25, -0.2) is 22.3 Å². The van der Waals surface area contributed by atoms with Gasteiger partial charge < -0.3 is 14.9 Å². The van der Waals surface area contributed by atoms with E-state index in [0.717, 1.165) is 51.0 Å². The van der Waals surface area contributed by atoms with Crippen LogP contribution in [-0.2, 0) is 30.9 Å². The van der Waals surface area contributed by atoms with Gasteiger partial charge in [0, 0.05) is 38.9 Å². The number of hydrogen-bond acceptors (Lipinski definition) is 7. The van der Waals surface area contributed by atoms with E-state index in [1.807, 2.05) is 24.4 Å². The Kier molecular flexibility index (Phi) is 10.5. The first kappa shape index (κ1) is 31.7. The molecule has 3 aliphatic rings. The van der Waals surface area contributed by atoms with Crippen LogP contribution in [0.15, 0.2) is 24.4 Å². The predicted molar refractivity (Wildman–Crippen MR) is 118 cm³/mol. The van der Waals surface area contributed by atoms with Gasteiger partial charge in [-0.1, -0.05) is 6.07 Å². The summed E-state index contributed by atoms with van der Waals surface area (Å²) >= 11 is 0. The lowest BCUT2D eigenvalue weighted by Crippen LogP contribution is -2.57. The fourth-order valence-corrected chi connectivity index (χ4v) is 5.65. The molecular formula is C21H27F6N3O7S. The van der Waals surface area contributed by atoms with Crippen LogP contribution in [0.4, 0.5) is 26.3 Å². The van der Waals surface area contributed by atoms with Gasteiger partial charge in [0.15, 0.2) is 0 Å². The van der Waals surface area contributed by atoms with Crippen LogP contribution >= 0.6 is 0 Å². The number of piperidine rings is 1. The standard InChI is InChI=1S/C17H25N3O3S.2C2HF3O2/c21-24(22,16-4-5-16)20-9-6-17(7-10-20)14-19(11-12-23-17)13-15-3-1-2-8-18-15;2*3-2(4,5)1(6)7/h1-3,8,16H,4-7,9-14H2;2*(H,6,7). The number of sulfonamides is 1. The SMILES string of the molecule is O=C(O)C(F)(F)F.O=C(O)C(F)(F)F.O=S(=O)(C1CC1)N1CCC2(CC1)CN(Cc1ccccn1)CCO2. The van der Waals surface area contributed by atoms with Crippen molar-refractivity contribution < 1.29 is 59.3 Å². The molecule has 0 bridgehead atoms. The molecule has 17 heteroatoms. The van der Waals surface area contributed by atoms with Gasteiger partial charge in [-0.3, -0.25) is 9.88 Å². The third-order valence-corrected chi connectivity index (χ3v) is 8.26. The normalized spacial score (nSPS) is 20.5. The van der Waals surface area contributed by atoms with Gasteiger partial charge in [0.25, 0.3) is 0 Å². The Balaban J connectivity index is 0.000000301. The lowest BCUT2D eigenvalue weighted by Gasteiger charge is -2.47. The van der Waals surface area contributed by atoms with E-state index in [-0.39, 0.29) is 10.9 Å². The first-order chi connectivity index (χ1) is 17.5. The number of aromatic nitrogens is 1. The molecule has 0 atom stereocenters. The highest BCUT2D eigenvalue weighted by atomic mass is 32.2. The number of nitrogens with zero attached hydrogens (tertiary/aromatic N) is 3. The van der Waals surface area contributed by atoms with Gasteiger partial charge >= 0.3 is 24.3 Å². The fraction of sp³-hybridized carbons (Fsp3) is 0.667. The molecule has 0 aromatic carbocycles. The van der Waals surface area contributed by atoms with Gasteiger partial charge in [0.1, 0.15) is 0 Å². The number of carboxylic acids is 2. The molecule has 3 heterocycles. The minimum Gasteiger partial charge on any atom is -0.475 e. The van der Waals surface area contributed by atoms with Crippen molar-refractivity contribution in [1.29, 1.82) is 0 Å². The molecule has 3 fully saturated rings. The summed E-state index contributed by atoms with van der Waals surface area (Å²) in [6.45, 7) is 4.49. The largest absolute Gasteiger partial charge is 0.490 e. The number of rotatable bonds is 4. The molecular weight excluding hydrogens is 552 g/mol. The molecule has 2 N–H and O–H groups in total. The molecule has 1 saturated carbocycles. The third kappa shape index (κ3) is 9.67. The topological polar surface area (TPSA) is 137 Å². The van der Waals surface area contributed by atoms with Crippen molar-refractivity contribution in [3.63, 3.8) is 0 Å². The van der Waals surface area contributed by atoms with E-state index in [1.165, 1.54) is 0 Å². The second kappa shape index (κ2) is 12.6. The van der Waals surface area contributed by atoms with Crippen LogP contribution in [0.2, 0.25) is 0 Å². The van der Waals surface area contributed by atoms with E-state index in [0.29, 0.717) is 19.7 Å². The van der Waals surface area contributed by atoms with Crippen LogP contribution in [0, 0.1) is 0 Å². The fourth-order valence-electron chi connectivity index (χ4n) is 3.81. The smallest absolute Gasteiger partial charge is 0.475 e. The van der Waals surface area contributed by atoms with E-state index in [2.05, 4.69) is 9.88 Å². The number of hydrogen-bond donors (Lipinski definition) is 2. The van der Waals surface area contributed by atoms with E-state index >= 15 is 0 Å². The summed E-state index contributed by atoms with van der Waals surface area (Å²) in [7, 11) is -3.05. The zero-order valence-corrected chi connectivity index (χ0v) is 20.7. The van der Waals surface area contributed by atoms with Gasteiger partial charge in [-0.15, -0.1) is 0 Å². The molecule has 2 aliphatic heterocycles. The minimum absolute atomic E-state index is 0.112. The highest BCUT2D eigenvalue weighted by Crippen LogP contribution is 2.36. The Morgan fingerprint density at radius 3 is 1.95 bits per heavy atom. The minimum atomic E-state index is -5.08. The number of pyridine rings is 1. The van der Waals surface area contributed by atoms with E-state index in [9.17, 15) is 34.8 Å². The first-order valence-corrected chi connectivity index (χ1v) is 12.8. The summed E-state index contributed by atoms with van der Waals surface area (Å²) in [5.41, 5.74) is 0.881. The number of morpholine rings is 1. The summed E-state index contributed by atoms with van der Waals surface area (Å²) in [5.74, 6) is -5.51. The maximum atomic E-state index is 12.4. The lowest BCUT2D eigenvalue weighted by molar-refractivity contribution is -0.193. The second-order valence-electron chi connectivity index (χ2n) is 8.81. The van der Waals surface area contributed by atoms with Gasteiger partial charge in [0.2, 0.25) is 10.0 Å². The Morgan fingerprint density at radius 2 is 1.53 bits per heavy atom. The van der Waals surface area contributed by atoms with Gasteiger partial charge in [-0.05, 0) is 37.8 Å². The monoisotopic (exact) mass is 579 g/mol. The molecule has 10 nitrogen and oxygen atoms in total. The number of halogens is 6. The van der Waals surface area contributed by atoms with Crippen molar-refractivity contribution in [3.05, 3.63) is 30.1 Å². The maximum Gasteiger partial charge on any atom is 0.490 e. The Labute approximate surface area is 214 Å². The number of carboxylic acid groups (broad SMARTS) is 2. The Bertz CT molecular complexity index is 1020. The molecule has 1 aromatic heterocycles. The Hall–Kier alpha value is -2.50. The van der Waals surface area contributed by atoms with Crippen LogP contribution in [0.3, 0.4) is 0 Å². The summed E-state index contributed by atoms with van der Waals surface area (Å²) in [6.07, 6.45) is -5.10. The molecule has 1 spiro atoms. The molecule has 0 unspecified atom stereocenters. The first-order valence-electron chi connectivity index (χ1n) is 11.3. The van der Waals surface area contributed by atoms with Crippen LogP contribution in [0.1, 0.15) is 31.4 Å². The van der Waals surface area contributed by atoms with Crippen molar-refractivity contribution >= 4 is 22.0 Å². The molecule has 1 aromatic rings. The lowest BCUT2D eigenvalue weighted by atomic mass is 9.90. The zero-order chi connectivity index (χ0) is 28.8. The average Bonchev–Trinajstić information content (AvgIpc) is 3.66. The summed E-state index contributed by atoms with van der Waals surface area (Å²) in [4.78, 5) is 24.6. The molecule has 2 saturated heterocycles. The molecule has 216 valence electrons. The van der Waals surface area contributed by atoms with Crippen molar-refractivity contribution in [2.24, 2.45) is 0 Å². The predicted octanol–water partition coefficient (Wildman–Crippen LogP) is 2.51. The van der Waals surface area contributed by atoms with E-state index < -0.39 is 34.3 Å². The summed E-state index contributed by atoms with van der Waals surface area (Å²) < 4.78 is 96.1. The molecule has 0 radical (unpaired) electrons. The summed E-state index contributed by atoms with van der Waals surface area (Å²) in [5, 5.41) is 14.1. The van der Waals surface area contributed by atoms with E-state index in [1.54, 1.807) is 4.31 Å². The molecule has 4 rings (SSSR count). The third-order valence-electron chi connectivity index (χ3n) is 5.86. The highest BCUT2D eigenvalue weighted by molar-refractivity contribution is 7.90. The van der Waals surface area contributed by atoms with Crippen molar-refractivity contribution in [2.75, 3.05) is 32.8 Å². The zero-order valence-electron chi connectivity index (χ0n) is 19.9. The van der Waals surface area contributed by atoms with Gasteiger partial charge in [0.05, 0.1) is 23.2 Å². The van der Waals surface area contributed by atoms with Crippen molar-refractivity contribution in [3.8, 4) is 0 Å². The second-order valence-corrected chi connectivity index (χ2v) is 11.0. The van der Waals surface area contributed by atoms with Crippen LogP contribution in [0.5, 0.6) is 0 Å². The van der Waals surface area contributed by atoms with Gasteiger partial charge in [-0.2, -0.15) is 26.3 Å². The number of aliphatic carboxylic acids is 2. The van der Waals surface area contributed by atoms with Crippen LogP contribution < -0.4 is 0 Å². The number of alkyl halides is 6. The maximum absolute atomic E-state index is 12.4. The average molecular weight is 580 g/mol. The Morgan fingerprint density at radius 1 is 1.00 bits per heavy atom. The summed E-state index contributed by atoms with van der Waals surface area (Å²) in [6, 6.07) is 5.99. The van der Waals surface area contributed by atoms with Crippen molar-refractivity contribution in [2.45, 2.75) is 55.4 Å². The highest BCUT2D eigenvalue weighted by Gasteiger charge is 2.46. The van der Waals surface area contributed by atoms with Crippen molar-refractivity contribution in [1.82, 2.24) is 14.2 Å². The quantitative estimate of drug-likeness (QED) is 0.516. The molecule has 1 aliphatic carbocycles. The molecule has 0 amide bonds. The van der Waals surface area contributed by atoms with Crippen LogP contribution in [-0.4, -0.2) is 101 Å². The number of ether oxygens (including phenoxy) is 1. The molecule has 38 heavy (non-hydrogen) atoms.